The first-order chi connectivity index (χ1) is 11.0. The number of anilines is 1. The Morgan fingerprint density at radius 1 is 1.17 bits per heavy atom. The Balaban J connectivity index is 2.02. The fraction of sp³-hybridized carbons (Fsp3) is 0.353. The minimum atomic E-state index is -0.443. The molecule has 0 saturated carbocycles. The molecule has 0 radical (unpaired) electrons. The zero-order chi connectivity index (χ0) is 16.8. The molecular weight excluding hydrogens is 292 g/mol. The number of hydrogen-bond acceptors (Lipinski definition) is 5. The molecular formula is C17H20N4O2. The highest BCUT2D eigenvalue weighted by atomic mass is 16.1. The van der Waals surface area contributed by atoms with Gasteiger partial charge in [-0.1, -0.05) is 0 Å². The lowest BCUT2D eigenvalue weighted by molar-refractivity contribution is -0.112. The summed E-state index contributed by atoms with van der Waals surface area (Å²) in [4.78, 5) is 27.6. The van der Waals surface area contributed by atoms with Crippen molar-refractivity contribution >= 4 is 17.4 Å². The van der Waals surface area contributed by atoms with Crippen LogP contribution >= 0.6 is 0 Å². The zero-order valence-electron chi connectivity index (χ0n) is 13.4. The van der Waals surface area contributed by atoms with Gasteiger partial charge in [-0.15, -0.1) is 0 Å². The number of piperazine rings is 1. The van der Waals surface area contributed by atoms with Crippen LogP contribution in [0.2, 0.25) is 0 Å². The van der Waals surface area contributed by atoms with Gasteiger partial charge in [0.2, 0.25) is 0 Å². The zero-order valence-corrected chi connectivity index (χ0v) is 13.4. The number of likely N-dealkylation sites (N-methyl/N-ethyl adjacent to an activating group) is 1. The first-order valence-corrected chi connectivity index (χ1v) is 7.46. The Labute approximate surface area is 136 Å². The molecule has 6 nitrogen and oxygen atoms in total. The summed E-state index contributed by atoms with van der Waals surface area (Å²) < 4.78 is 0. The Kier molecular flexibility index (Phi) is 5.50. The van der Waals surface area contributed by atoms with Crippen LogP contribution in [-0.2, 0) is 4.79 Å². The lowest BCUT2D eigenvalue weighted by Crippen LogP contribution is -2.42. The Morgan fingerprint density at radius 3 is 2.30 bits per heavy atom. The van der Waals surface area contributed by atoms with Gasteiger partial charge >= 0.3 is 0 Å². The van der Waals surface area contributed by atoms with E-state index in [4.69, 9.17) is 0 Å². The third-order valence-electron chi connectivity index (χ3n) is 3.76. The van der Waals surface area contributed by atoms with E-state index in [2.05, 4.69) is 10.2 Å². The number of benzene rings is 1. The first-order valence-electron chi connectivity index (χ1n) is 7.46. The number of ketones is 1. The van der Waals surface area contributed by atoms with E-state index < -0.39 is 5.91 Å². The number of nitriles is 1. The summed E-state index contributed by atoms with van der Waals surface area (Å²) in [5.74, 6) is -0.474. The predicted molar refractivity (Wildman–Crippen MR) is 87.8 cm³/mol. The van der Waals surface area contributed by atoms with Crippen molar-refractivity contribution < 1.29 is 9.59 Å². The summed E-state index contributed by atoms with van der Waals surface area (Å²) in [5.41, 5.74) is 1.21. The maximum atomic E-state index is 12.2. The van der Waals surface area contributed by atoms with Crippen molar-refractivity contribution in [3.8, 4) is 6.07 Å². The van der Waals surface area contributed by atoms with Crippen molar-refractivity contribution in [1.82, 2.24) is 9.80 Å². The van der Waals surface area contributed by atoms with E-state index in [1.807, 2.05) is 18.0 Å². The molecule has 1 N–H and O–H groups in total. The van der Waals surface area contributed by atoms with Gasteiger partial charge in [0.05, 0.1) is 0 Å². The van der Waals surface area contributed by atoms with Crippen LogP contribution in [0.5, 0.6) is 0 Å². The average molecular weight is 312 g/mol. The van der Waals surface area contributed by atoms with Gasteiger partial charge in [0.15, 0.2) is 5.78 Å². The van der Waals surface area contributed by atoms with Gasteiger partial charge in [-0.25, -0.2) is 0 Å². The molecule has 1 aromatic rings. The van der Waals surface area contributed by atoms with Crippen LogP contribution in [0.15, 0.2) is 36.0 Å². The largest absolute Gasteiger partial charge is 0.374 e. The van der Waals surface area contributed by atoms with Crippen molar-refractivity contribution in [2.75, 3.05) is 38.5 Å². The van der Waals surface area contributed by atoms with Crippen molar-refractivity contribution in [1.29, 1.82) is 5.26 Å². The van der Waals surface area contributed by atoms with Gasteiger partial charge in [-0.3, -0.25) is 9.59 Å². The second-order valence-corrected chi connectivity index (χ2v) is 5.58. The molecule has 0 atom stereocenters. The number of amides is 1. The number of nitrogens with zero attached hydrogens (tertiary/aromatic N) is 3. The summed E-state index contributed by atoms with van der Waals surface area (Å²) in [6.45, 7) is 4.89. The molecule has 120 valence electrons. The third-order valence-corrected chi connectivity index (χ3v) is 3.76. The van der Waals surface area contributed by atoms with Gasteiger partial charge in [0.25, 0.3) is 5.91 Å². The summed E-state index contributed by atoms with van der Waals surface area (Å²) in [6, 6.07) is 8.55. The molecule has 1 saturated heterocycles. The third kappa shape index (κ3) is 4.66. The highest BCUT2D eigenvalue weighted by Gasteiger charge is 2.15. The van der Waals surface area contributed by atoms with Crippen molar-refractivity contribution in [3.05, 3.63) is 41.6 Å². The Morgan fingerprint density at radius 2 is 1.78 bits per heavy atom. The minimum Gasteiger partial charge on any atom is -0.374 e. The molecule has 2 rings (SSSR count). The summed E-state index contributed by atoms with van der Waals surface area (Å²) >= 11 is 0. The van der Waals surface area contributed by atoms with Gasteiger partial charge < -0.3 is 15.1 Å². The maximum Gasteiger partial charge on any atom is 0.267 e. The fourth-order valence-electron chi connectivity index (χ4n) is 2.26. The number of Topliss-reactive ketones (excluding diaryl/α,β-unsaturated/α-hetero) is 1. The standard InChI is InChI=1S/C17H20N4O2/c1-13(22)14-3-5-16(6-4-14)19-17(23)15(11-18)12-21-9-7-20(2)8-10-21/h3-6,12H,7-10H2,1-2H3,(H,19,23)/b15-12-. The molecule has 1 amide bonds. The molecule has 0 aliphatic carbocycles. The van der Waals surface area contributed by atoms with Crippen molar-refractivity contribution in [2.24, 2.45) is 0 Å². The van der Waals surface area contributed by atoms with Gasteiger partial charge in [0.1, 0.15) is 11.6 Å². The van der Waals surface area contributed by atoms with Crippen LogP contribution in [0.3, 0.4) is 0 Å². The molecule has 0 aromatic heterocycles. The molecule has 6 heteroatoms. The van der Waals surface area contributed by atoms with Gasteiger partial charge in [-0.2, -0.15) is 5.26 Å². The Hall–Kier alpha value is -2.65. The Bertz CT molecular complexity index is 650. The van der Waals surface area contributed by atoms with E-state index in [1.165, 1.54) is 6.92 Å². The van der Waals surface area contributed by atoms with Crippen LogP contribution in [0, 0.1) is 11.3 Å². The summed E-state index contributed by atoms with van der Waals surface area (Å²) in [5, 5.41) is 11.9. The highest BCUT2D eigenvalue weighted by Crippen LogP contribution is 2.12. The average Bonchev–Trinajstić information content (AvgIpc) is 2.54. The highest BCUT2D eigenvalue weighted by molar-refractivity contribution is 6.06. The molecule has 23 heavy (non-hydrogen) atoms. The monoisotopic (exact) mass is 312 g/mol. The van der Waals surface area contributed by atoms with E-state index in [0.717, 1.165) is 26.2 Å². The van der Waals surface area contributed by atoms with Gasteiger partial charge in [-0.05, 0) is 38.2 Å². The summed E-state index contributed by atoms with van der Waals surface area (Å²) in [6.07, 6.45) is 1.62. The topological polar surface area (TPSA) is 76.4 Å². The van der Waals surface area contributed by atoms with Crippen LogP contribution in [0.25, 0.3) is 0 Å². The van der Waals surface area contributed by atoms with E-state index in [9.17, 15) is 14.9 Å². The second-order valence-electron chi connectivity index (χ2n) is 5.58. The lowest BCUT2D eigenvalue weighted by atomic mass is 10.1. The van der Waals surface area contributed by atoms with E-state index in [1.54, 1.807) is 30.5 Å². The number of carbonyl (C=O) groups excluding carboxylic acids is 2. The number of rotatable bonds is 4. The fourth-order valence-corrected chi connectivity index (χ4v) is 2.26. The lowest BCUT2D eigenvalue weighted by Gasteiger charge is -2.31. The quantitative estimate of drug-likeness (QED) is 0.518. The molecule has 1 heterocycles. The second kappa shape index (κ2) is 7.56. The minimum absolute atomic E-state index is 0.0319. The van der Waals surface area contributed by atoms with Crippen LogP contribution in [0.4, 0.5) is 5.69 Å². The number of carbonyl (C=O) groups is 2. The smallest absolute Gasteiger partial charge is 0.267 e. The molecule has 1 fully saturated rings. The van der Waals surface area contributed by atoms with E-state index >= 15 is 0 Å². The number of hydrogen-bond donors (Lipinski definition) is 1. The van der Waals surface area contributed by atoms with Crippen molar-refractivity contribution in [3.63, 3.8) is 0 Å². The van der Waals surface area contributed by atoms with Crippen molar-refractivity contribution in [2.45, 2.75) is 6.92 Å². The molecule has 0 bridgehead atoms. The predicted octanol–water partition coefficient (Wildman–Crippen LogP) is 1.48. The normalized spacial score (nSPS) is 15.9. The first kappa shape index (κ1) is 16.7. The molecule has 1 aliphatic heterocycles. The van der Waals surface area contributed by atoms with Crippen LogP contribution < -0.4 is 5.32 Å². The summed E-state index contributed by atoms with van der Waals surface area (Å²) in [7, 11) is 2.05. The molecule has 0 spiro atoms. The maximum absolute atomic E-state index is 12.2. The molecule has 1 aliphatic rings. The van der Waals surface area contributed by atoms with E-state index in [-0.39, 0.29) is 11.4 Å². The molecule has 0 unspecified atom stereocenters. The van der Waals surface area contributed by atoms with Crippen LogP contribution in [0.1, 0.15) is 17.3 Å². The van der Waals surface area contributed by atoms with Crippen LogP contribution in [-0.4, -0.2) is 54.7 Å². The van der Waals surface area contributed by atoms with Gasteiger partial charge in [0, 0.05) is 43.6 Å². The number of nitrogens with one attached hydrogen (secondary N) is 1. The molecule has 1 aromatic carbocycles. The SMILES string of the molecule is CC(=O)c1ccc(NC(=O)/C(C#N)=C\N2CCN(C)CC2)cc1. The van der Waals surface area contributed by atoms with E-state index in [0.29, 0.717) is 11.3 Å².